The highest BCUT2D eigenvalue weighted by Gasteiger charge is 2.11. The maximum Gasteiger partial charge on any atom is 0.224 e. The standard InChI is InChI=1S/C14H18ClN5O3/c15-14-18-8-11(16)13(19-14)20(17)9-3-5-10(6-4-9)23-7-1-2-12(21)22/h3-6,8,12,21-22H,1-2,7,16-17H2. The number of rotatable bonds is 7. The maximum atomic E-state index is 8.75. The van der Waals surface area contributed by atoms with Crippen molar-refractivity contribution in [1.82, 2.24) is 9.97 Å². The highest BCUT2D eigenvalue weighted by molar-refractivity contribution is 6.28. The lowest BCUT2D eigenvalue weighted by atomic mass is 10.3. The molecule has 0 unspecified atom stereocenters. The summed E-state index contributed by atoms with van der Waals surface area (Å²) in [5, 5.41) is 18.8. The first-order valence-electron chi connectivity index (χ1n) is 6.89. The molecule has 124 valence electrons. The molecule has 0 radical (unpaired) electrons. The van der Waals surface area contributed by atoms with Crippen LogP contribution >= 0.6 is 11.6 Å². The van der Waals surface area contributed by atoms with E-state index in [1.165, 1.54) is 11.2 Å². The van der Waals surface area contributed by atoms with Gasteiger partial charge >= 0.3 is 0 Å². The van der Waals surface area contributed by atoms with Crippen molar-refractivity contribution in [2.45, 2.75) is 19.1 Å². The number of nitrogen functional groups attached to an aromatic ring is 1. The number of anilines is 3. The molecule has 0 aliphatic heterocycles. The van der Waals surface area contributed by atoms with Crippen LogP contribution < -0.4 is 21.3 Å². The Labute approximate surface area is 138 Å². The zero-order valence-electron chi connectivity index (χ0n) is 12.3. The lowest BCUT2D eigenvalue weighted by molar-refractivity contribution is -0.0479. The Kier molecular flexibility index (Phi) is 5.94. The molecule has 2 rings (SSSR count). The summed E-state index contributed by atoms with van der Waals surface area (Å²) in [5.41, 5.74) is 6.74. The minimum absolute atomic E-state index is 0.0516. The van der Waals surface area contributed by atoms with Crippen LogP contribution in [0.15, 0.2) is 30.5 Å². The van der Waals surface area contributed by atoms with Crippen molar-refractivity contribution in [1.29, 1.82) is 0 Å². The van der Waals surface area contributed by atoms with Gasteiger partial charge < -0.3 is 20.7 Å². The molecule has 0 aliphatic carbocycles. The van der Waals surface area contributed by atoms with E-state index in [1.807, 2.05) is 0 Å². The summed E-state index contributed by atoms with van der Waals surface area (Å²) in [5.74, 6) is 6.94. The average Bonchev–Trinajstić information content (AvgIpc) is 2.53. The summed E-state index contributed by atoms with van der Waals surface area (Å²) in [6.45, 7) is 0.387. The van der Waals surface area contributed by atoms with Crippen LogP contribution in [-0.4, -0.2) is 33.1 Å². The largest absolute Gasteiger partial charge is 0.494 e. The van der Waals surface area contributed by atoms with Crippen LogP contribution in [0, 0.1) is 0 Å². The van der Waals surface area contributed by atoms with Gasteiger partial charge in [0.1, 0.15) is 5.75 Å². The van der Waals surface area contributed by atoms with Gasteiger partial charge in [0, 0.05) is 6.42 Å². The molecular weight excluding hydrogens is 322 g/mol. The van der Waals surface area contributed by atoms with Gasteiger partial charge in [-0.25, -0.2) is 10.8 Å². The number of hydrogen-bond donors (Lipinski definition) is 4. The molecule has 0 fully saturated rings. The van der Waals surface area contributed by atoms with Crippen LogP contribution in [0.3, 0.4) is 0 Å². The van der Waals surface area contributed by atoms with Crippen molar-refractivity contribution >= 4 is 28.8 Å². The molecule has 0 saturated heterocycles. The van der Waals surface area contributed by atoms with E-state index in [-0.39, 0.29) is 11.7 Å². The summed E-state index contributed by atoms with van der Waals surface area (Å²) in [4.78, 5) is 7.78. The first-order valence-corrected chi connectivity index (χ1v) is 7.27. The van der Waals surface area contributed by atoms with Crippen LogP contribution in [0.5, 0.6) is 5.75 Å². The van der Waals surface area contributed by atoms with Gasteiger partial charge in [-0.3, -0.25) is 5.01 Å². The second kappa shape index (κ2) is 7.93. The van der Waals surface area contributed by atoms with E-state index in [0.717, 1.165) is 0 Å². The van der Waals surface area contributed by atoms with Crippen LogP contribution in [-0.2, 0) is 0 Å². The molecule has 9 heteroatoms. The molecule has 0 spiro atoms. The van der Waals surface area contributed by atoms with E-state index in [9.17, 15) is 0 Å². The highest BCUT2D eigenvalue weighted by atomic mass is 35.5. The molecule has 0 amide bonds. The maximum absolute atomic E-state index is 8.75. The second-order valence-electron chi connectivity index (χ2n) is 4.75. The number of aliphatic hydroxyl groups excluding tert-OH is 1. The number of halogens is 1. The third-order valence-electron chi connectivity index (χ3n) is 2.98. The quantitative estimate of drug-likeness (QED) is 0.194. The Balaban J connectivity index is 2.00. The van der Waals surface area contributed by atoms with Gasteiger partial charge in [-0.2, -0.15) is 4.98 Å². The molecule has 1 heterocycles. The van der Waals surface area contributed by atoms with Crippen molar-refractivity contribution in [2.75, 3.05) is 17.3 Å². The van der Waals surface area contributed by atoms with E-state index >= 15 is 0 Å². The Morgan fingerprint density at radius 1 is 1.26 bits per heavy atom. The third-order valence-corrected chi connectivity index (χ3v) is 3.17. The molecule has 8 nitrogen and oxygen atoms in total. The Morgan fingerprint density at radius 2 is 1.96 bits per heavy atom. The van der Waals surface area contributed by atoms with E-state index in [0.29, 0.717) is 36.0 Å². The van der Waals surface area contributed by atoms with Gasteiger partial charge in [0.05, 0.1) is 24.2 Å². The predicted octanol–water partition coefficient (Wildman–Crippen LogP) is 1.19. The number of nitrogens with zero attached hydrogens (tertiary/aromatic N) is 3. The highest BCUT2D eigenvalue weighted by Crippen LogP contribution is 2.27. The van der Waals surface area contributed by atoms with Crippen molar-refractivity contribution in [3.63, 3.8) is 0 Å². The van der Waals surface area contributed by atoms with Crippen molar-refractivity contribution in [3.05, 3.63) is 35.7 Å². The lowest BCUT2D eigenvalue weighted by Crippen LogP contribution is -2.27. The van der Waals surface area contributed by atoms with Crippen molar-refractivity contribution in [2.24, 2.45) is 5.84 Å². The summed E-state index contributed by atoms with van der Waals surface area (Å²) < 4.78 is 5.49. The molecule has 1 aromatic carbocycles. The zero-order chi connectivity index (χ0) is 16.8. The van der Waals surface area contributed by atoms with Crippen molar-refractivity contribution in [3.8, 4) is 5.75 Å². The number of aromatic nitrogens is 2. The molecule has 6 N–H and O–H groups in total. The molecule has 0 aliphatic rings. The van der Waals surface area contributed by atoms with E-state index in [4.69, 9.17) is 38.1 Å². The van der Waals surface area contributed by atoms with E-state index in [1.54, 1.807) is 24.3 Å². The minimum atomic E-state index is -1.31. The Morgan fingerprint density at radius 3 is 2.61 bits per heavy atom. The number of benzene rings is 1. The van der Waals surface area contributed by atoms with Gasteiger partial charge in [0.25, 0.3) is 0 Å². The fourth-order valence-electron chi connectivity index (χ4n) is 1.84. The number of nitrogens with two attached hydrogens (primary N) is 2. The van der Waals surface area contributed by atoms with Gasteiger partial charge in [0.15, 0.2) is 12.1 Å². The van der Waals surface area contributed by atoms with Gasteiger partial charge in [-0.05, 0) is 42.3 Å². The zero-order valence-corrected chi connectivity index (χ0v) is 13.0. The molecule has 1 aromatic heterocycles. The van der Waals surface area contributed by atoms with Crippen LogP contribution in [0.2, 0.25) is 5.28 Å². The Bertz CT molecular complexity index is 639. The summed E-state index contributed by atoms with van der Waals surface area (Å²) in [6, 6.07) is 6.96. The van der Waals surface area contributed by atoms with Gasteiger partial charge in [0.2, 0.25) is 5.28 Å². The molecule has 0 atom stereocenters. The molecule has 23 heavy (non-hydrogen) atoms. The fraction of sp³-hybridized carbons (Fsp3) is 0.286. The molecule has 0 saturated carbocycles. The number of hydrogen-bond acceptors (Lipinski definition) is 8. The monoisotopic (exact) mass is 339 g/mol. The summed E-state index contributed by atoms with van der Waals surface area (Å²) >= 11 is 5.75. The van der Waals surface area contributed by atoms with Crippen LogP contribution in [0.25, 0.3) is 0 Å². The van der Waals surface area contributed by atoms with Crippen LogP contribution in [0.1, 0.15) is 12.8 Å². The topological polar surface area (TPSA) is 131 Å². The van der Waals surface area contributed by atoms with Crippen LogP contribution in [0.4, 0.5) is 17.2 Å². The Hall–Kier alpha value is -2.13. The normalized spacial score (nSPS) is 10.8. The third kappa shape index (κ3) is 4.93. The molecule has 2 aromatic rings. The SMILES string of the molecule is Nc1cnc(Cl)nc1N(N)c1ccc(OCCCC(O)O)cc1. The van der Waals surface area contributed by atoms with Gasteiger partial charge in [-0.15, -0.1) is 0 Å². The summed E-state index contributed by atoms with van der Waals surface area (Å²) in [6.07, 6.45) is 0.884. The first-order chi connectivity index (χ1) is 11.0. The van der Waals surface area contributed by atoms with Gasteiger partial charge in [-0.1, -0.05) is 0 Å². The van der Waals surface area contributed by atoms with E-state index in [2.05, 4.69) is 9.97 Å². The molecular formula is C14H18ClN5O3. The first kappa shape index (κ1) is 17.2. The second-order valence-corrected chi connectivity index (χ2v) is 5.09. The average molecular weight is 340 g/mol. The number of hydrazine groups is 1. The number of ether oxygens (including phenoxy) is 1. The molecule has 0 bridgehead atoms. The minimum Gasteiger partial charge on any atom is -0.494 e. The summed E-state index contributed by atoms with van der Waals surface area (Å²) in [7, 11) is 0. The smallest absolute Gasteiger partial charge is 0.224 e. The predicted molar refractivity (Wildman–Crippen MR) is 87.2 cm³/mol. The lowest BCUT2D eigenvalue weighted by Gasteiger charge is -2.19. The fourth-order valence-corrected chi connectivity index (χ4v) is 1.96. The van der Waals surface area contributed by atoms with E-state index < -0.39 is 6.29 Å². The number of aliphatic hydroxyl groups is 2. The van der Waals surface area contributed by atoms with Crippen molar-refractivity contribution < 1.29 is 14.9 Å².